The lowest BCUT2D eigenvalue weighted by Gasteiger charge is -2.44. The number of likely N-dealkylation sites (tertiary alicyclic amines) is 1. The van der Waals surface area contributed by atoms with Gasteiger partial charge in [-0.25, -0.2) is 0 Å². The Morgan fingerprint density at radius 2 is 1.76 bits per heavy atom. The Bertz CT molecular complexity index is 225. The molecule has 1 aliphatic carbocycles. The van der Waals surface area contributed by atoms with Crippen LogP contribution in [0.15, 0.2) is 0 Å². The normalized spacial score (nSPS) is 34.1. The molecular formula is C15H30N2. The van der Waals surface area contributed by atoms with Gasteiger partial charge >= 0.3 is 0 Å². The first-order valence-electron chi connectivity index (χ1n) is 7.69. The van der Waals surface area contributed by atoms with E-state index in [2.05, 4.69) is 18.7 Å². The molecule has 2 atom stereocenters. The number of piperidine rings is 1. The first-order chi connectivity index (χ1) is 8.24. The number of nitrogens with zero attached hydrogens (tertiary/aromatic N) is 1. The molecule has 2 fully saturated rings. The second kappa shape index (κ2) is 5.71. The number of rotatable bonds is 4. The van der Waals surface area contributed by atoms with Crippen molar-refractivity contribution in [1.29, 1.82) is 0 Å². The van der Waals surface area contributed by atoms with Gasteiger partial charge in [0.05, 0.1) is 0 Å². The van der Waals surface area contributed by atoms with Crippen molar-refractivity contribution in [2.24, 2.45) is 17.1 Å². The average Bonchev–Trinajstić information content (AvgIpc) is 2.87. The third-order valence-corrected chi connectivity index (χ3v) is 5.75. The molecule has 1 saturated carbocycles. The fourth-order valence-corrected chi connectivity index (χ4v) is 4.06. The van der Waals surface area contributed by atoms with E-state index < -0.39 is 0 Å². The number of hydrogen-bond donors (Lipinski definition) is 1. The molecule has 2 nitrogen and oxygen atoms in total. The molecule has 2 N–H and O–H groups in total. The molecule has 2 rings (SSSR count). The van der Waals surface area contributed by atoms with Gasteiger partial charge in [-0.05, 0) is 56.7 Å². The summed E-state index contributed by atoms with van der Waals surface area (Å²) in [6.45, 7) is 8.29. The zero-order valence-corrected chi connectivity index (χ0v) is 11.8. The zero-order valence-electron chi connectivity index (χ0n) is 11.8. The van der Waals surface area contributed by atoms with Crippen LogP contribution in [0.2, 0.25) is 0 Å². The highest BCUT2D eigenvalue weighted by Gasteiger charge is 2.37. The van der Waals surface area contributed by atoms with Crippen molar-refractivity contribution < 1.29 is 0 Å². The Morgan fingerprint density at radius 1 is 1.12 bits per heavy atom. The molecule has 0 amide bonds. The molecule has 0 aromatic rings. The SMILES string of the molecule is CCC1(CC)CCN(C2CCCC2CN)CC1. The van der Waals surface area contributed by atoms with E-state index in [-0.39, 0.29) is 0 Å². The van der Waals surface area contributed by atoms with Crippen LogP contribution in [0.5, 0.6) is 0 Å². The Morgan fingerprint density at radius 3 is 2.29 bits per heavy atom. The van der Waals surface area contributed by atoms with Crippen molar-refractivity contribution >= 4 is 0 Å². The Hall–Kier alpha value is -0.0800. The van der Waals surface area contributed by atoms with Crippen molar-refractivity contribution in [3.05, 3.63) is 0 Å². The molecular weight excluding hydrogens is 208 g/mol. The minimum absolute atomic E-state index is 0.660. The van der Waals surface area contributed by atoms with E-state index in [1.54, 1.807) is 0 Å². The quantitative estimate of drug-likeness (QED) is 0.816. The highest BCUT2D eigenvalue weighted by atomic mass is 15.2. The first kappa shape index (κ1) is 13.4. The third kappa shape index (κ3) is 2.68. The van der Waals surface area contributed by atoms with Crippen molar-refractivity contribution in [2.75, 3.05) is 19.6 Å². The summed E-state index contributed by atoms with van der Waals surface area (Å²) >= 11 is 0. The van der Waals surface area contributed by atoms with Gasteiger partial charge in [0.15, 0.2) is 0 Å². The van der Waals surface area contributed by atoms with Gasteiger partial charge in [-0.15, -0.1) is 0 Å². The number of nitrogens with two attached hydrogens (primary N) is 1. The Balaban J connectivity index is 1.90. The Kier molecular flexibility index (Phi) is 4.48. The topological polar surface area (TPSA) is 29.3 Å². The maximum atomic E-state index is 5.91. The van der Waals surface area contributed by atoms with Gasteiger partial charge in [0.1, 0.15) is 0 Å². The molecule has 17 heavy (non-hydrogen) atoms. The third-order valence-electron chi connectivity index (χ3n) is 5.75. The molecule has 1 saturated heterocycles. The Labute approximate surface area is 107 Å². The second-order valence-electron chi connectivity index (χ2n) is 6.24. The van der Waals surface area contributed by atoms with Crippen LogP contribution in [0.1, 0.15) is 58.8 Å². The summed E-state index contributed by atoms with van der Waals surface area (Å²) in [6, 6.07) is 0.812. The molecule has 1 heterocycles. The second-order valence-corrected chi connectivity index (χ2v) is 6.24. The monoisotopic (exact) mass is 238 g/mol. The number of hydrogen-bond acceptors (Lipinski definition) is 2. The lowest BCUT2D eigenvalue weighted by atomic mass is 9.74. The molecule has 2 unspecified atom stereocenters. The van der Waals surface area contributed by atoms with Gasteiger partial charge in [0, 0.05) is 6.04 Å². The molecule has 0 aromatic heterocycles. The highest BCUT2D eigenvalue weighted by Crippen LogP contribution is 2.40. The van der Waals surface area contributed by atoms with E-state index in [1.807, 2.05) is 0 Å². The average molecular weight is 238 g/mol. The summed E-state index contributed by atoms with van der Waals surface area (Å²) in [4.78, 5) is 2.76. The van der Waals surface area contributed by atoms with Crippen LogP contribution in [0, 0.1) is 11.3 Å². The van der Waals surface area contributed by atoms with Gasteiger partial charge in [-0.2, -0.15) is 0 Å². The van der Waals surface area contributed by atoms with Crippen LogP contribution in [0.25, 0.3) is 0 Å². The lowest BCUT2D eigenvalue weighted by Crippen LogP contribution is -2.47. The molecule has 1 aliphatic heterocycles. The predicted octanol–water partition coefficient (Wildman–Crippen LogP) is 3.02. The fourth-order valence-electron chi connectivity index (χ4n) is 4.06. The molecule has 0 bridgehead atoms. The molecule has 2 aliphatic rings. The van der Waals surface area contributed by atoms with Gasteiger partial charge in [-0.1, -0.05) is 33.1 Å². The molecule has 0 aromatic carbocycles. The summed E-state index contributed by atoms with van der Waals surface area (Å²) in [5.41, 5.74) is 6.57. The summed E-state index contributed by atoms with van der Waals surface area (Å²) < 4.78 is 0. The van der Waals surface area contributed by atoms with Crippen LogP contribution in [-0.2, 0) is 0 Å². The highest BCUT2D eigenvalue weighted by molar-refractivity contribution is 4.91. The molecule has 2 heteroatoms. The first-order valence-corrected chi connectivity index (χ1v) is 7.69. The standard InChI is InChI=1S/C15H30N2/c1-3-15(4-2)8-10-17(11-9-15)14-7-5-6-13(14)12-16/h13-14H,3-12,16H2,1-2H3. The molecule has 0 radical (unpaired) electrons. The molecule has 0 spiro atoms. The van der Waals surface area contributed by atoms with Crippen molar-refractivity contribution in [3.63, 3.8) is 0 Å². The predicted molar refractivity (Wildman–Crippen MR) is 74.0 cm³/mol. The van der Waals surface area contributed by atoms with Crippen LogP contribution in [-0.4, -0.2) is 30.6 Å². The zero-order chi connectivity index (χ0) is 12.3. The van der Waals surface area contributed by atoms with Crippen LogP contribution in [0.4, 0.5) is 0 Å². The summed E-state index contributed by atoms with van der Waals surface area (Å²) in [5.74, 6) is 0.783. The maximum Gasteiger partial charge on any atom is 0.0136 e. The van der Waals surface area contributed by atoms with Crippen molar-refractivity contribution in [3.8, 4) is 0 Å². The molecule has 100 valence electrons. The minimum Gasteiger partial charge on any atom is -0.330 e. The summed E-state index contributed by atoms with van der Waals surface area (Å²) in [7, 11) is 0. The van der Waals surface area contributed by atoms with Gasteiger partial charge in [-0.3, -0.25) is 0 Å². The van der Waals surface area contributed by atoms with Crippen LogP contribution < -0.4 is 5.73 Å². The van der Waals surface area contributed by atoms with Gasteiger partial charge in [0.25, 0.3) is 0 Å². The maximum absolute atomic E-state index is 5.91. The van der Waals surface area contributed by atoms with Crippen molar-refractivity contribution in [2.45, 2.75) is 64.8 Å². The summed E-state index contributed by atoms with van der Waals surface area (Å²) in [6.07, 6.45) is 9.71. The van der Waals surface area contributed by atoms with E-state index in [4.69, 9.17) is 5.73 Å². The smallest absolute Gasteiger partial charge is 0.0136 e. The lowest BCUT2D eigenvalue weighted by molar-refractivity contribution is 0.0544. The van der Waals surface area contributed by atoms with E-state index in [0.717, 1.165) is 18.5 Å². The van der Waals surface area contributed by atoms with Gasteiger partial charge < -0.3 is 10.6 Å². The summed E-state index contributed by atoms with van der Waals surface area (Å²) in [5, 5.41) is 0. The van der Waals surface area contributed by atoms with Crippen LogP contribution in [0.3, 0.4) is 0 Å². The minimum atomic E-state index is 0.660. The van der Waals surface area contributed by atoms with E-state index in [9.17, 15) is 0 Å². The fraction of sp³-hybridized carbons (Fsp3) is 1.00. The largest absolute Gasteiger partial charge is 0.330 e. The van der Waals surface area contributed by atoms with E-state index >= 15 is 0 Å². The van der Waals surface area contributed by atoms with Gasteiger partial charge in [0.2, 0.25) is 0 Å². The van der Waals surface area contributed by atoms with Crippen molar-refractivity contribution in [1.82, 2.24) is 4.90 Å². The van der Waals surface area contributed by atoms with E-state index in [1.165, 1.54) is 58.0 Å². The van der Waals surface area contributed by atoms with Crippen LogP contribution >= 0.6 is 0 Å². The van der Waals surface area contributed by atoms with E-state index in [0.29, 0.717) is 5.41 Å².